The number of piperazine rings is 1. The average Bonchev–Trinajstić information content (AvgIpc) is 3.15. The lowest BCUT2D eigenvalue weighted by Gasteiger charge is -2.38. The van der Waals surface area contributed by atoms with Crippen LogP contribution in [0.15, 0.2) is 54.6 Å². The standard InChI is InChI=1S/C23H29FN4O/c1-17(28-15-21(22(25)16-28)18-5-3-2-4-6-18)23(29)27-13-11-26(12-14-27)20-9-7-19(24)8-10-20/h2-10,17,21-22H,11-16,25H2,1H3/t17?,21-,22+/m0/s1. The average molecular weight is 397 g/mol. The van der Waals surface area contributed by atoms with Crippen LogP contribution in [0.1, 0.15) is 18.4 Å². The number of nitrogens with two attached hydrogens (primary N) is 1. The number of hydrogen-bond acceptors (Lipinski definition) is 4. The Morgan fingerprint density at radius 1 is 1.00 bits per heavy atom. The van der Waals surface area contributed by atoms with Crippen molar-refractivity contribution >= 4 is 11.6 Å². The molecule has 1 amide bonds. The molecular weight excluding hydrogens is 367 g/mol. The van der Waals surface area contributed by atoms with Crippen LogP contribution in [0.5, 0.6) is 0 Å². The van der Waals surface area contributed by atoms with Crippen molar-refractivity contribution < 1.29 is 9.18 Å². The molecule has 0 radical (unpaired) electrons. The zero-order chi connectivity index (χ0) is 20.4. The zero-order valence-electron chi connectivity index (χ0n) is 16.9. The van der Waals surface area contributed by atoms with E-state index in [1.165, 1.54) is 17.7 Å². The molecule has 4 rings (SSSR count). The summed E-state index contributed by atoms with van der Waals surface area (Å²) in [5.74, 6) is 0.209. The van der Waals surface area contributed by atoms with Crippen LogP contribution < -0.4 is 10.6 Å². The van der Waals surface area contributed by atoms with E-state index in [0.717, 1.165) is 31.9 Å². The molecule has 0 bridgehead atoms. The molecule has 2 N–H and O–H groups in total. The van der Waals surface area contributed by atoms with Crippen molar-refractivity contribution in [3.05, 3.63) is 66.0 Å². The molecule has 2 saturated heterocycles. The van der Waals surface area contributed by atoms with E-state index >= 15 is 0 Å². The Morgan fingerprint density at radius 3 is 2.31 bits per heavy atom. The summed E-state index contributed by atoms with van der Waals surface area (Å²) in [7, 11) is 0. The lowest BCUT2D eigenvalue weighted by atomic mass is 9.95. The van der Waals surface area contributed by atoms with Gasteiger partial charge in [-0.1, -0.05) is 30.3 Å². The molecule has 2 aromatic carbocycles. The van der Waals surface area contributed by atoms with E-state index in [1.807, 2.05) is 30.0 Å². The second-order valence-electron chi connectivity index (χ2n) is 8.10. The molecule has 3 atom stereocenters. The maximum Gasteiger partial charge on any atom is 0.239 e. The van der Waals surface area contributed by atoms with Crippen LogP contribution in [0, 0.1) is 5.82 Å². The van der Waals surface area contributed by atoms with E-state index in [2.05, 4.69) is 21.9 Å². The van der Waals surface area contributed by atoms with E-state index in [-0.39, 0.29) is 29.7 Å². The third kappa shape index (κ3) is 4.28. The number of hydrogen-bond donors (Lipinski definition) is 1. The number of benzene rings is 2. The maximum absolute atomic E-state index is 13.1. The van der Waals surface area contributed by atoms with Gasteiger partial charge in [0, 0.05) is 56.9 Å². The molecule has 0 aliphatic carbocycles. The van der Waals surface area contributed by atoms with Gasteiger partial charge in [0.2, 0.25) is 5.91 Å². The molecule has 2 fully saturated rings. The van der Waals surface area contributed by atoms with Crippen LogP contribution in [-0.4, -0.2) is 67.1 Å². The van der Waals surface area contributed by atoms with Gasteiger partial charge in [0.25, 0.3) is 0 Å². The highest BCUT2D eigenvalue weighted by Gasteiger charge is 2.37. The Labute approximate surface area is 171 Å². The van der Waals surface area contributed by atoms with Crippen LogP contribution >= 0.6 is 0 Å². The minimum absolute atomic E-state index is 0.0444. The summed E-state index contributed by atoms with van der Waals surface area (Å²) < 4.78 is 13.1. The van der Waals surface area contributed by atoms with Gasteiger partial charge in [0.05, 0.1) is 6.04 Å². The molecule has 2 aliphatic rings. The van der Waals surface area contributed by atoms with E-state index in [1.54, 1.807) is 12.1 Å². The summed E-state index contributed by atoms with van der Waals surface area (Å²) in [5, 5.41) is 0. The first kappa shape index (κ1) is 19.9. The number of likely N-dealkylation sites (tertiary alicyclic amines) is 1. The van der Waals surface area contributed by atoms with E-state index in [0.29, 0.717) is 13.1 Å². The molecule has 0 spiro atoms. The third-order valence-electron chi connectivity index (χ3n) is 6.31. The number of rotatable bonds is 4. The number of nitrogens with zero attached hydrogens (tertiary/aromatic N) is 3. The summed E-state index contributed by atoms with van der Waals surface area (Å²) >= 11 is 0. The lowest BCUT2D eigenvalue weighted by Crippen LogP contribution is -2.54. The van der Waals surface area contributed by atoms with Crippen LogP contribution in [-0.2, 0) is 4.79 Å². The van der Waals surface area contributed by atoms with Crippen LogP contribution in [0.4, 0.5) is 10.1 Å². The predicted octanol–water partition coefficient (Wildman–Crippen LogP) is 2.29. The van der Waals surface area contributed by atoms with Gasteiger partial charge in [-0.15, -0.1) is 0 Å². The van der Waals surface area contributed by atoms with Crippen LogP contribution in [0.25, 0.3) is 0 Å². The first-order valence-electron chi connectivity index (χ1n) is 10.4. The van der Waals surface area contributed by atoms with Crippen LogP contribution in [0.3, 0.4) is 0 Å². The van der Waals surface area contributed by atoms with Crippen molar-refractivity contribution in [3.8, 4) is 0 Å². The minimum Gasteiger partial charge on any atom is -0.368 e. The van der Waals surface area contributed by atoms with E-state index < -0.39 is 0 Å². The zero-order valence-corrected chi connectivity index (χ0v) is 16.9. The summed E-state index contributed by atoms with van der Waals surface area (Å²) in [5.41, 5.74) is 8.66. The fourth-order valence-corrected chi connectivity index (χ4v) is 4.49. The number of anilines is 1. The van der Waals surface area contributed by atoms with Gasteiger partial charge in [-0.05, 0) is 36.8 Å². The first-order chi connectivity index (χ1) is 14.0. The number of amides is 1. The number of carbonyl (C=O) groups is 1. The third-order valence-corrected chi connectivity index (χ3v) is 6.31. The second-order valence-corrected chi connectivity index (χ2v) is 8.10. The van der Waals surface area contributed by atoms with Gasteiger partial charge < -0.3 is 15.5 Å². The quantitative estimate of drug-likeness (QED) is 0.862. The van der Waals surface area contributed by atoms with Crippen molar-refractivity contribution in [2.45, 2.75) is 24.9 Å². The van der Waals surface area contributed by atoms with Crippen molar-refractivity contribution in [2.24, 2.45) is 5.73 Å². The molecule has 2 aromatic rings. The highest BCUT2D eigenvalue weighted by molar-refractivity contribution is 5.82. The van der Waals surface area contributed by atoms with E-state index in [9.17, 15) is 9.18 Å². The Bertz CT molecular complexity index is 821. The highest BCUT2D eigenvalue weighted by Crippen LogP contribution is 2.28. The highest BCUT2D eigenvalue weighted by atomic mass is 19.1. The molecule has 29 heavy (non-hydrogen) atoms. The summed E-state index contributed by atoms with van der Waals surface area (Å²) in [6.45, 7) is 6.43. The Kier molecular flexibility index (Phi) is 5.83. The van der Waals surface area contributed by atoms with Crippen molar-refractivity contribution in [1.29, 1.82) is 0 Å². The molecular formula is C23H29FN4O. The predicted molar refractivity (Wildman–Crippen MR) is 113 cm³/mol. The van der Waals surface area contributed by atoms with Gasteiger partial charge in [0.1, 0.15) is 5.82 Å². The molecule has 154 valence electrons. The largest absolute Gasteiger partial charge is 0.368 e. The smallest absolute Gasteiger partial charge is 0.239 e. The fraction of sp³-hybridized carbons (Fsp3) is 0.435. The van der Waals surface area contributed by atoms with Gasteiger partial charge in [-0.25, -0.2) is 4.39 Å². The van der Waals surface area contributed by atoms with Crippen LogP contribution in [0.2, 0.25) is 0 Å². The lowest BCUT2D eigenvalue weighted by molar-refractivity contribution is -0.136. The summed E-state index contributed by atoms with van der Waals surface area (Å²) in [6, 6.07) is 16.8. The van der Waals surface area contributed by atoms with Crippen molar-refractivity contribution in [2.75, 3.05) is 44.2 Å². The molecule has 6 heteroatoms. The Hall–Kier alpha value is -2.44. The SMILES string of the molecule is CC(C(=O)N1CCN(c2ccc(F)cc2)CC1)N1C[C@@H](N)[C@H](c2ccccc2)C1. The minimum atomic E-state index is -0.228. The second kappa shape index (κ2) is 8.51. The van der Waals surface area contributed by atoms with Crippen molar-refractivity contribution in [1.82, 2.24) is 9.80 Å². The molecule has 2 heterocycles. The normalized spacial score (nSPS) is 24.0. The number of halogens is 1. The summed E-state index contributed by atoms with van der Waals surface area (Å²) in [4.78, 5) is 19.5. The molecule has 1 unspecified atom stereocenters. The van der Waals surface area contributed by atoms with Gasteiger partial charge >= 0.3 is 0 Å². The molecule has 0 aromatic heterocycles. The van der Waals surface area contributed by atoms with Gasteiger partial charge in [-0.2, -0.15) is 0 Å². The molecule has 2 aliphatic heterocycles. The topological polar surface area (TPSA) is 52.8 Å². The first-order valence-corrected chi connectivity index (χ1v) is 10.4. The van der Waals surface area contributed by atoms with Crippen molar-refractivity contribution in [3.63, 3.8) is 0 Å². The van der Waals surface area contributed by atoms with Gasteiger partial charge in [-0.3, -0.25) is 9.69 Å². The van der Waals surface area contributed by atoms with Gasteiger partial charge in [0.15, 0.2) is 0 Å². The monoisotopic (exact) mass is 396 g/mol. The summed E-state index contributed by atoms with van der Waals surface area (Å²) in [6.07, 6.45) is 0. The molecule has 5 nitrogen and oxygen atoms in total. The fourth-order valence-electron chi connectivity index (χ4n) is 4.49. The maximum atomic E-state index is 13.1. The Morgan fingerprint density at radius 2 is 1.66 bits per heavy atom. The number of carbonyl (C=O) groups excluding carboxylic acids is 1. The Balaban J connectivity index is 1.33. The van der Waals surface area contributed by atoms with E-state index in [4.69, 9.17) is 5.73 Å². The molecule has 0 saturated carbocycles.